The van der Waals surface area contributed by atoms with Gasteiger partial charge in [0.25, 0.3) is 10.1 Å². The molecule has 0 unspecified atom stereocenters. The van der Waals surface area contributed by atoms with Crippen molar-refractivity contribution in [2.75, 3.05) is 17.2 Å². The van der Waals surface area contributed by atoms with Crippen LogP contribution < -0.4 is 9.47 Å². The molecular weight excluding hydrogens is 428 g/mol. The molecule has 0 atom stereocenters. The Hall–Kier alpha value is -2.35. The summed E-state index contributed by atoms with van der Waals surface area (Å²) >= 11 is 1.69. The summed E-state index contributed by atoms with van der Waals surface area (Å²) in [6.07, 6.45) is 2.53. The van der Waals surface area contributed by atoms with Gasteiger partial charge >= 0.3 is 0 Å². The van der Waals surface area contributed by atoms with Crippen molar-refractivity contribution in [3.05, 3.63) is 70.4 Å². The lowest BCUT2D eigenvalue weighted by molar-refractivity contribution is -0.669. The summed E-state index contributed by atoms with van der Waals surface area (Å²) in [4.78, 5) is 3.32. The van der Waals surface area contributed by atoms with Gasteiger partial charge in [0.05, 0.1) is 16.5 Å². The molecule has 1 aliphatic rings. The van der Waals surface area contributed by atoms with Gasteiger partial charge in [-0.05, 0) is 57.0 Å². The number of thioether (sulfide) groups is 1. The molecular formula is C24H27N2O3S2+. The summed E-state index contributed by atoms with van der Waals surface area (Å²) in [6.45, 7) is 7.67. The number of rotatable bonds is 6. The van der Waals surface area contributed by atoms with Crippen LogP contribution in [0.5, 0.6) is 0 Å². The van der Waals surface area contributed by atoms with Crippen LogP contribution in [0.3, 0.4) is 0 Å². The monoisotopic (exact) mass is 455 g/mol. The van der Waals surface area contributed by atoms with Crippen LogP contribution >= 0.6 is 11.8 Å². The lowest BCUT2D eigenvalue weighted by Crippen LogP contribution is -2.37. The number of hydrogen-bond donors (Lipinski definition) is 1. The zero-order chi connectivity index (χ0) is 22.2. The third kappa shape index (κ3) is 4.79. The molecule has 4 rings (SSSR count). The Balaban J connectivity index is 1.75. The molecule has 5 nitrogen and oxygen atoms in total. The Bertz CT molecular complexity index is 1280. The van der Waals surface area contributed by atoms with Crippen LogP contribution in [0, 0.1) is 13.8 Å². The molecule has 31 heavy (non-hydrogen) atoms. The van der Waals surface area contributed by atoms with Gasteiger partial charge in [-0.15, -0.1) is 0 Å². The van der Waals surface area contributed by atoms with Gasteiger partial charge < -0.3 is 4.90 Å². The number of nitrogens with zero attached hydrogens (tertiary/aromatic N) is 2. The zero-order valence-electron chi connectivity index (χ0n) is 18.0. The van der Waals surface area contributed by atoms with E-state index in [0.29, 0.717) is 13.0 Å². The van der Waals surface area contributed by atoms with Crippen molar-refractivity contribution in [1.82, 2.24) is 0 Å². The van der Waals surface area contributed by atoms with Gasteiger partial charge in [0.2, 0.25) is 11.2 Å². The van der Waals surface area contributed by atoms with Crippen molar-refractivity contribution in [2.45, 2.75) is 38.6 Å². The topological polar surface area (TPSA) is 61.5 Å². The molecule has 2 aromatic carbocycles. The lowest BCUT2D eigenvalue weighted by atomic mass is 10.1. The Morgan fingerprint density at radius 1 is 1.06 bits per heavy atom. The smallest absolute Gasteiger partial charge is 0.264 e. The molecule has 1 N–H and O–H groups in total. The van der Waals surface area contributed by atoms with Crippen molar-refractivity contribution in [3.63, 3.8) is 0 Å². The molecule has 0 saturated carbocycles. The number of benzene rings is 2. The zero-order valence-corrected chi connectivity index (χ0v) is 19.6. The summed E-state index contributed by atoms with van der Waals surface area (Å²) in [5.41, 5.74) is 5.78. The molecule has 162 valence electrons. The largest absolute Gasteiger partial charge is 0.335 e. The molecule has 0 aliphatic carbocycles. The molecule has 0 fully saturated rings. The third-order valence-corrected chi connectivity index (χ3v) is 7.39. The minimum atomic E-state index is -3.97. The summed E-state index contributed by atoms with van der Waals surface area (Å²) < 4.78 is 33.9. The number of aryl methyl sites for hydroxylation is 3. The summed E-state index contributed by atoms with van der Waals surface area (Å²) in [5, 5.41) is 2.27. The molecule has 0 amide bonds. The molecule has 3 aromatic rings. The van der Waals surface area contributed by atoms with E-state index in [2.05, 4.69) is 84.8 Å². The average molecular weight is 456 g/mol. The predicted octanol–water partition coefficient (Wildman–Crippen LogP) is 4.95. The predicted molar refractivity (Wildman–Crippen MR) is 128 cm³/mol. The average Bonchev–Trinajstić information content (AvgIpc) is 3.03. The van der Waals surface area contributed by atoms with E-state index in [-0.39, 0.29) is 5.75 Å². The summed E-state index contributed by atoms with van der Waals surface area (Å²) in [5.74, 6) is -0.243. The quantitative estimate of drug-likeness (QED) is 0.421. The minimum Gasteiger partial charge on any atom is -0.335 e. The Morgan fingerprint density at radius 3 is 2.55 bits per heavy atom. The van der Waals surface area contributed by atoms with Crippen LogP contribution in [0.25, 0.3) is 17.0 Å². The van der Waals surface area contributed by atoms with Gasteiger partial charge in [0, 0.05) is 35.0 Å². The second-order valence-electron chi connectivity index (χ2n) is 7.91. The highest BCUT2D eigenvalue weighted by molar-refractivity contribution is 8.03. The van der Waals surface area contributed by atoms with E-state index in [4.69, 9.17) is 4.55 Å². The maximum atomic E-state index is 11.2. The van der Waals surface area contributed by atoms with Crippen LogP contribution in [-0.2, 0) is 16.7 Å². The van der Waals surface area contributed by atoms with E-state index < -0.39 is 10.1 Å². The van der Waals surface area contributed by atoms with Gasteiger partial charge in [0.1, 0.15) is 6.54 Å². The standard InChI is InChI=1S/C24H26N2O3S2/c1-4-25-20(9-8-19-14-17(2)6-10-21(19)25)16-24-26(12-5-13-31(27,28)29)22-15-18(3)7-11-23(22)30-24/h6-11,14-16H,4-5,12-13H2,1-3H3/p+1. The fourth-order valence-electron chi connectivity index (χ4n) is 4.02. The molecule has 0 saturated heterocycles. The number of anilines is 1. The van der Waals surface area contributed by atoms with Crippen molar-refractivity contribution >= 4 is 44.5 Å². The van der Waals surface area contributed by atoms with Crippen LogP contribution in [0.15, 0.2) is 58.5 Å². The van der Waals surface area contributed by atoms with E-state index in [9.17, 15) is 8.42 Å². The molecule has 0 radical (unpaired) electrons. The number of aromatic nitrogens is 1. The third-order valence-electron chi connectivity index (χ3n) is 5.48. The highest BCUT2D eigenvalue weighted by Crippen LogP contribution is 2.47. The van der Waals surface area contributed by atoms with Crippen molar-refractivity contribution < 1.29 is 17.5 Å². The highest BCUT2D eigenvalue weighted by atomic mass is 32.2. The molecule has 1 aliphatic heterocycles. The molecule has 1 aromatic heterocycles. The fraction of sp³-hybridized carbons (Fsp3) is 0.292. The Labute approximate surface area is 188 Å². The first-order chi connectivity index (χ1) is 14.7. The minimum absolute atomic E-state index is 0.243. The van der Waals surface area contributed by atoms with Crippen molar-refractivity contribution in [3.8, 4) is 0 Å². The molecule has 2 heterocycles. The Morgan fingerprint density at radius 2 is 1.81 bits per heavy atom. The van der Waals surface area contributed by atoms with Crippen LogP contribution in [-0.4, -0.2) is 25.3 Å². The molecule has 0 bridgehead atoms. The maximum absolute atomic E-state index is 11.2. The van der Waals surface area contributed by atoms with Crippen LogP contribution in [0.1, 0.15) is 30.2 Å². The first kappa shape index (κ1) is 21.9. The number of fused-ring (bicyclic) bond motifs is 2. The normalized spacial score (nSPS) is 15.1. The van der Waals surface area contributed by atoms with Crippen LogP contribution in [0.2, 0.25) is 0 Å². The van der Waals surface area contributed by atoms with Gasteiger partial charge in [-0.3, -0.25) is 4.55 Å². The van der Waals surface area contributed by atoms with Crippen LogP contribution in [0.4, 0.5) is 5.69 Å². The Kier molecular flexibility index (Phi) is 6.10. The maximum Gasteiger partial charge on any atom is 0.264 e. The van der Waals surface area contributed by atoms with Gasteiger partial charge in [-0.2, -0.15) is 13.0 Å². The second-order valence-corrected chi connectivity index (χ2v) is 10.5. The van der Waals surface area contributed by atoms with E-state index >= 15 is 0 Å². The van der Waals surface area contributed by atoms with Gasteiger partial charge in [0.15, 0.2) is 0 Å². The number of pyridine rings is 1. The van der Waals surface area contributed by atoms with Gasteiger partial charge in [-0.1, -0.05) is 29.5 Å². The van der Waals surface area contributed by atoms with Crippen molar-refractivity contribution in [1.29, 1.82) is 0 Å². The second kappa shape index (κ2) is 8.65. The summed E-state index contributed by atoms with van der Waals surface area (Å²) in [6, 6.07) is 17.1. The molecule has 0 spiro atoms. The highest BCUT2D eigenvalue weighted by Gasteiger charge is 2.27. The fourth-order valence-corrected chi connectivity index (χ4v) is 5.63. The van der Waals surface area contributed by atoms with E-state index in [0.717, 1.165) is 33.4 Å². The van der Waals surface area contributed by atoms with Crippen molar-refractivity contribution in [2.24, 2.45) is 0 Å². The number of hydrogen-bond acceptors (Lipinski definition) is 4. The van der Waals surface area contributed by atoms with Gasteiger partial charge in [-0.25, -0.2) is 0 Å². The molecule has 7 heteroatoms. The summed E-state index contributed by atoms with van der Waals surface area (Å²) in [7, 11) is -3.97. The lowest BCUT2D eigenvalue weighted by Gasteiger charge is -2.20. The SMILES string of the molecule is CC[n+]1c(/C=C2/Sc3ccc(C)cc3N2CCCS(=O)(=O)O)ccc2cc(C)ccc21. The van der Waals surface area contributed by atoms with E-state index in [1.165, 1.54) is 16.5 Å². The van der Waals surface area contributed by atoms with E-state index in [1.807, 2.05) is 0 Å². The van der Waals surface area contributed by atoms with E-state index in [1.54, 1.807) is 11.8 Å². The first-order valence-electron chi connectivity index (χ1n) is 10.4. The first-order valence-corrected chi connectivity index (χ1v) is 12.8.